The average molecular weight is 602 g/mol. The van der Waals surface area contributed by atoms with Crippen molar-refractivity contribution in [1.29, 1.82) is 0 Å². The molecule has 0 fully saturated rings. The topological polar surface area (TPSA) is 144 Å². The van der Waals surface area contributed by atoms with Crippen LogP contribution in [0.3, 0.4) is 0 Å². The number of carbonyl (C=O) groups excluding carboxylic acids is 2. The number of aromatic nitrogens is 3. The normalized spacial score (nSPS) is 11.1. The number of aryl methyl sites for hydroxylation is 1. The minimum absolute atomic E-state index is 0.0103. The molecule has 228 valence electrons. The van der Waals surface area contributed by atoms with Gasteiger partial charge in [0.2, 0.25) is 0 Å². The molecule has 0 atom stereocenters. The van der Waals surface area contributed by atoms with Crippen molar-refractivity contribution < 1.29 is 9.59 Å². The molecule has 2 heterocycles. The van der Waals surface area contributed by atoms with Crippen molar-refractivity contribution in [2.75, 3.05) is 21.7 Å². The highest BCUT2D eigenvalue weighted by Crippen LogP contribution is 2.29. The molecule has 3 aromatic carbocycles. The third kappa shape index (κ3) is 6.91. The molecule has 10 heteroatoms. The second kappa shape index (κ2) is 12.5. The van der Waals surface area contributed by atoms with Gasteiger partial charge in [0, 0.05) is 47.6 Å². The summed E-state index contributed by atoms with van der Waals surface area (Å²) in [5, 5.41) is 8.81. The third-order valence-electron chi connectivity index (χ3n) is 7.42. The summed E-state index contributed by atoms with van der Waals surface area (Å²) in [6.07, 6.45) is 4.80. The van der Waals surface area contributed by atoms with Crippen molar-refractivity contribution in [2.45, 2.75) is 33.1 Å². The summed E-state index contributed by atoms with van der Waals surface area (Å²) in [5.74, 6) is -0.524. The van der Waals surface area contributed by atoms with E-state index in [0.29, 0.717) is 28.3 Å². The van der Waals surface area contributed by atoms with Gasteiger partial charge in [0.1, 0.15) is 0 Å². The highest BCUT2D eigenvalue weighted by Gasteiger charge is 2.17. The molecule has 5 N–H and O–H groups in total. The lowest BCUT2D eigenvalue weighted by Crippen LogP contribution is -2.22. The Balaban J connectivity index is 1.37. The number of nitrogens with two attached hydrogens (primary N) is 1. The Bertz CT molecular complexity index is 1940. The molecule has 45 heavy (non-hydrogen) atoms. The van der Waals surface area contributed by atoms with Crippen molar-refractivity contribution in [3.8, 4) is 11.3 Å². The molecule has 5 aromatic rings. The summed E-state index contributed by atoms with van der Waals surface area (Å²) in [6.45, 7) is 8.28. The first kappa shape index (κ1) is 30.7. The lowest BCUT2D eigenvalue weighted by atomic mass is 9.86. The van der Waals surface area contributed by atoms with Crippen molar-refractivity contribution >= 4 is 40.4 Å². The Labute approximate surface area is 261 Å². The first-order chi connectivity index (χ1) is 21.4. The van der Waals surface area contributed by atoms with Crippen molar-refractivity contribution in [3.05, 3.63) is 124 Å². The Hall–Kier alpha value is -5.77. The van der Waals surface area contributed by atoms with Gasteiger partial charge < -0.3 is 26.3 Å². The number of benzene rings is 3. The molecule has 10 nitrogen and oxygen atoms in total. The van der Waals surface area contributed by atoms with Gasteiger partial charge in [0.25, 0.3) is 17.4 Å². The molecule has 0 saturated carbocycles. The van der Waals surface area contributed by atoms with E-state index < -0.39 is 0 Å². The zero-order chi connectivity index (χ0) is 32.3. The van der Waals surface area contributed by atoms with Gasteiger partial charge in [-0.1, -0.05) is 45.0 Å². The maximum absolute atomic E-state index is 13.1. The smallest absolute Gasteiger partial charge is 0.293 e. The van der Waals surface area contributed by atoms with Gasteiger partial charge in [0.15, 0.2) is 5.82 Å². The third-order valence-corrected chi connectivity index (χ3v) is 7.42. The largest absolute Gasteiger partial charge is 0.398 e. The van der Waals surface area contributed by atoms with E-state index in [4.69, 9.17) is 5.73 Å². The summed E-state index contributed by atoms with van der Waals surface area (Å²) in [4.78, 5) is 47.5. The van der Waals surface area contributed by atoms with Crippen LogP contribution in [-0.2, 0) is 12.5 Å². The Morgan fingerprint density at radius 1 is 0.889 bits per heavy atom. The van der Waals surface area contributed by atoms with Gasteiger partial charge >= 0.3 is 0 Å². The number of hydrogen-bond donors (Lipinski definition) is 4. The maximum Gasteiger partial charge on any atom is 0.293 e. The number of nitrogen functional groups attached to an aromatic ring is 1. The van der Waals surface area contributed by atoms with E-state index in [9.17, 15) is 14.4 Å². The first-order valence-electron chi connectivity index (χ1n) is 14.4. The molecule has 0 spiro atoms. The summed E-state index contributed by atoms with van der Waals surface area (Å²) in [6, 6.07) is 21.4. The van der Waals surface area contributed by atoms with Gasteiger partial charge in [-0.3, -0.25) is 19.4 Å². The molecule has 0 unspecified atom stereocenters. The van der Waals surface area contributed by atoms with E-state index in [0.717, 1.165) is 16.7 Å². The van der Waals surface area contributed by atoms with Gasteiger partial charge in [-0.15, -0.1) is 0 Å². The quantitative estimate of drug-likeness (QED) is 0.161. The van der Waals surface area contributed by atoms with E-state index in [1.807, 2.05) is 49.4 Å². The molecule has 0 radical (unpaired) electrons. The highest BCUT2D eigenvalue weighted by molar-refractivity contribution is 6.08. The second-order valence-electron chi connectivity index (χ2n) is 11.8. The fraction of sp³-hybridized carbons (Fsp3) is 0.171. The lowest BCUT2D eigenvalue weighted by molar-refractivity contribution is 0.101. The molecule has 5 rings (SSSR count). The van der Waals surface area contributed by atoms with E-state index in [-0.39, 0.29) is 39.9 Å². The van der Waals surface area contributed by atoms with E-state index in [2.05, 4.69) is 46.7 Å². The molecule has 0 aliphatic carbocycles. The molecule has 2 aromatic heterocycles. The van der Waals surface area contributed by atoms with Crippen LogP contribution in [0.1, 0.15) is 52.6 Å². The minimum atomic E-state index is -0.382. The zero-order valence-corrected chi connectivity index (χ0v) is 25.8. The van der Waals surface area contributed by atoms with E-state index >= 15 is 0 Å². The van der Waals surface area contributed by atoms with Crippen LogP contribution in [0.5, 0.6) is 0 Å². The Kier molecular flexibility index (Phi) is 8.49. The molecule has 0 aliphatic heterocycles. The second-order valence-corrected chi connectivity index (χ2v) is 11.8. The molecule has 0 saturated heterocycles. The van der Waals surface area contributed by atoms with Crippen LogP contribution in [-0.4, -0.2) is 26.3 Å². The molecule has 0 bridgehead atoms. The van der Waals surface area contributed by atoms with Crippen molar-refractivity contribution in [3.63, 3.8) is 0 Å². The number of hydrogen-bond acceptors (Lipinski definition) is 7. The average Bonchev–Trinajstić information content (AvgIpc) is 3.00. The molecule has 0 aliphatic rings. The number of pyridine rings is 1. The predicted molar refractivity (Wildman–Crippen MR) is 179 cm³/mol. The van der Waals surface area contributed by atoms with Gasteiger partial charge in [-0.05, 0) is 72.0 Å². The van der Waals surface area contributed by atoms with E-state index in [1.165, 1.54) is 10.8 Å². The standard InChI is InChI=1S/C35H35N7O3/c1-21-26(9-6-10-29(21)41-32(43)22-11-13-23(14-12-22)35(2,3)4)30-20-42(5)34(45)31(40-30)38-24-15-16-27(28(36)18-24)33(44)39-25-8-7-17-37-19-25/h6-20H,36H2,1-5H3,(H,38,40)(H,39,44)(H,41,43). The summed E-state index contributed by atoms with van der Waals surface area (Å²) < 4.78 is 1.44. The summed E-state index contributed by atoms with van der Waals surface area (Å²) >= 11 is 0. The fourth-order valence-corrected chi connectivity index (χ4v) is 4.80. The van der Waals surface area contributed by atoms with Crippen LogP contribution < -0.4 is 27.2 Å². The zero-order valence-electron chi connectivity index (χ0n) is 25.8. The number of nitrogens with one attached hydrogen (secondary N) is 3. The number of rotatable bonds is 7. The molecular weight excluding hydrogens is 566 g/mol. The van der Waals surface area contributed by atoms with Crippen LogP contribution >= 0.6 is 0 Å². The van der Waals surface area contributed by atoms with Crippen LogP contribution in [0.15, 0.2) is 96.2 Å². The lowest BCUT2D eigenvalue weighted by Gasteiger charge is -2.19. The van der Waals surface area contributed by atoms with Crippen LogP contribution in [0.25, 0.3) is 11.3 Å². The minimum Gasteiger partial charge on any atom is -0.398 e. The Morgan fingerprint density at radius 2 is 1.64 bits per heavy atom. The summed E-state index contributed by atoms with van der Waals surface area (Å²) in [5.41, 5.74) is 11.8. The van der Waals surface area contributed by atoms with Gasteiger partial charge in [-0.25, -0.2) is 4.98 Å². The number of anilines is 5. The number of nitrogens with zero attached hydrogens (tertiary/aromatic N) is 3. The summed E-state index contributed by atoms with van der Waals surface area (Å²) in [7, 11) is 1.64. The predicted octanol–water partition coefficient (Wildman–Crippen LogP) is 6.28. The van der Waals surface area contributed by atoms with Crippen LogP contribution in [0.4, 0.5) is 28.6 Å². The van der Waals surface area contributed by atoms with E-state index in [1.54, 1.807) is 49.8 Å². The number of amides is 2. The first-order valence-corrected chi connectivity index (χ1v) is 14.4. The Morgan fingerprint density at radius 3 is 2.31 bits per heavy atom. The molecule has 2 amide bonds. The van der Waals surface area contributed by atoms with Gasteiger partial charge in [-0.2, -0.15) is 0 Å². The SMILES string of the molecule is Cc1c(NC(=O)c2ccc(C(C)(C)C)cc2)cccc1-c1cn(C)c(=O)c(Nc2ccc(C(=O)Nc3cccnc3)c(N)c2)n1. The van der Waals surface area contributed by atoms with Crippen molar-refractivity contribution in [1.82, 2.24) is 14.5 Å². The highest BCUT2D eigenvalue weighted by atomic mass is 16.2. The maximum atomic E-state index is 13.1. The van der Waals surface area contributed by atoms with Crippen LogP contribution in [0.2, 0.25) is 0 Å². The van der Waals surface area contributed by atoms with Crippen LogP contribution in [0, 0.1) is 6.92 Å². The van der Waals surface area contributed by atoms with Crippen molar-refractivity contribution in [2.24, 2.45) is 7.05 Å². The molecular formula is C35H35N7O3. The fourth-order valence-electron chi connectivity index (χ4n) is 4.80. The monoisotopic (exact) mass is 601 g/mol. The number of carbonyl (C=O) groups is 2. The van der Waals surface area contributed by atoms with Gasteiger partial charge in [0.05, 0.1) is 23.1 Å².